The maximum atomic E-state index is 3.24. The molecule has 0 spiro atoms. The highest BCUT2D eigenvalue weighted by Crippen LogP contribution is 2.03. The average molecular weight is 180 g/mol. The van der Waals surface area contributed by atoms with Crippen molar-refractivity contribution >= 4 is 0 Å². The highest BCUT2D eigenvalue weighted by Gasteiger charge is 2.05. The lowest BCUT2D eigenvalue weighted by molar-refractivity contribution is 0.510. The Bertz CT molecular complexity index is 165. The van der Waals surface area contributed by atoms with E-state index in [1.165, 1.54) is 32.1 Å². The van der Waals surface area contributed by atoms with Gasteiger partial charge in [0.15, 0.2) is 0 Å². The quantitative estimate of drug-likeness (QED) is 0.485. The highest BCUT2D eigenvalue weighted by atomic mass is 15.1. The first kappa shape index (κ1) is 10.2. The summed E-state index contributed by atoms with van der Waals surface area (Å²) in [7, 11) is 0. The molecule has 0 aromatic rings. The average Bonchev–Trinajstić information content (AvgIpc) is 2.63. The van der Waals surface area contributed by atoms with Gasteiger partial charge in [0.05, 0.1) is 6.17 Å². The van der Waals surface area contributed by atoms with Crippen molar-refractivity contribution in [3.63, 3.8) is 0 Å². The number of hydrogen-bond donors (Lipinski definition) is 2. The van der Waals surface area contributed by atoms with Crippen molar-refractivity contribution in [1.82, 2.24) is 10.6 Å². The zero-order valence-electron chi connectivity index (χ0n) is 8.42. The maximum absolute atomic E-state index is 3.24. The molecule has 2 heteroatoms. The van der Waals surface area contributed by atoms with Crippen molar-refractivity contribution < 1.29 is 0 Å². The lowest BCUT2D eigenvalue weighted by Gasteiger charge is -2.10. The van der Waals surface area contributed by atoms with E-state index in [-0.39, 0.29) is 0 Å². The first-order valence-corrected chi connectivity index (χ1v) is 5.25. The Morgan fingerprint density at radius 3 is 2.54 bits per heavy atom. The molecule has 74 valence electrons. The number of hydrogen-bond acceptors (Lipinski definition) is 2. The van der Waals surface area contributed by atoms with Crippen LogP contribution in [-0.2, 0) is 0 Å². The van der Waals surface area contributed by atoms with Crippen LogP contribution in [0.2, 0.25) is 0 Å². The summed E-state index contributed by atoms with van der Waals surface area (Å²) in [6, 6.07) is 0. The second-order valence-electron chi connectivity index (χ2n) is 3.41. The molecule has 0 aliphatic carbocycles. The molecule has 2 nitrogen and oxygen atoms in total. The van der Waals surface area contributed by atoms with Gasteiger partial charge in [-0.05, 0) is 25.7 Å². The zero-order valence-corrected chi connectivity index (χ0v) is 8.42. The summed E-state index contributed by atoms with van der Waals surface area (Å²) >= 11 is 0. The molecule has 0 aromatic heterocycles. The first-order valence-electron chi connectivity index (χ1n) is 5.25. The summed E-state index contributed by atoms with van der Waals surface area (Å²) in [5.41, 5.74) is 0. The summed E-state index contributed by atoms with van der Waals surface area (Å²) in [5.74, 6) is 0. The summed E-state index contributed by atoms with van der Waals surface area (Å²) < 4.78 is 0. The molecule has 0 unspecified atom stereocenters. The lowest BCUT2D eigenvalue weighted by atomic mass is 10.2. The molecule has 0 saturated heterocycles. The molecular weight excluding hydrogens is 160 g/mol. The van der Waals surface area contributed by atoms with Crippen LogP contribution in [0.5, 0.6) is 0 Å². The molecule has 0 saturated carbocycles. The van der Waals surface area contributed by atoms with E-state index in [0.717, 1.165) is 0 Å². The van der Waals surface area contributed by atoms with Crippen LogP contribution in [0.15, 0.2) is 24.6 Å². The SMILES string of the molecule is CCC/C=C/CCCC1NC=CN1. The van der Waals surface area contributed by atoms with Gasteiger partial charge in [-0.15, -0.1) is 0 Å². The van der Waals surface area contributed by atoms with Crippen molar-refractivity contribution in [3.05, 3.63) is 24.6 Å². The van der Waals surface area contributed by atoms with Crippen LogP contribution in [0, 0.1) is 0 Å². The lowest BCUT2D eigenvalue weighted by Crippen LogP contribution is -2.30. The van der Waals surface area contributed by atoms with E-state index in [4.69, 9.17) is 0 Å². The standard InChI is InChI=1S/C11H20N2/c1-2-3-4-5-6-7-8-11-12-9-10-13-11/h4-5,9-13H,2-3,6-8H2,1H3/b5-4+. The molecule has 1 aliphatic rings. The maximum Gasteiger partial charge on any atom is 0.0955 e. The van der Waals surface area contributed by atoms with Crippen LogP contribution in [0.25, 0.3) is 0 Å². The largest absolute Gasteiger partial charge is 0.370 e. The van der Waals surface area contributed by atoms with E-state index in [1.54, 1.807) is 0 Å². The number of unbranched alkanes of at least 4 members (excludes halogenated alkanes) is 2. The van der Waals surface area contributed by atoms with E-state index in [2.05, 4.69) is 29.7 Å². The van der Waals surface area contributed by atoms with Gasteiger partial charge in [0.25, 0.3) is 0 Å². The van der Waals surface area contributed by atoms with E-state index < -0.39 is 0 Å². The Balaban J connectivity index is 1.89. The van der Waals surface area contributed by atoms with Crippen LogP contribution in [0.4, 0.5) is 0 Å². The summed E-state index contributed by atoms with van der Waals surface area (Å²) in [5, 5.41) is 6.49. The predicted octanol–water partition coefficient (Wildman–Crippen LogP) is 2.50. The normalized spacial score (nSPS) is 16.4. The fraction of sp³-hybridized carbons (Fsp3) is 0.636. The van der Waals surface area contributed by atoms with Crippen molar-refractivity contribution in [2.24, 2.45) is 0 Å². The molecule has 0 aromatic carbocycles. The topological polar surface area (TPSA) is 24.1 Å². The number of nitrogens with one attached hydrogen (secondary N) is 2. The Morgan fingerprint density at radius 1 is 1.15 bits per heavy atom. The smallest absolute Gasteiger partial charge is 0.0955 e. The molecule has 1 rings (SSSR count). The molecule has 0 fully saturated rings. The number of allylic oxidation sites excluding steroid dienone is 2. The van der Waals surface area contributed by atoms with E-state index in [1.807, 2.05) is 12.4 Å². The molecule has 13 heavy (non-hydrogen) atoms. The van der Waals surface area contributed by atoms with Crippen molar-refractivity contribution in [2.45, 2.75) is 45.2 Å². The van der Waals surface area contributed by atoms with Crippen molar-refractivity contribution in [1.29, 1.82) is 0 Å². The van der Waals surface area contributed by atoms with Gasteiger partial charge in [0.2, 0.25) is 0 Å². The second kappa shape index (κ2) is 6.58. The second-order valence-corrected chi connectivity index (χ2v) is 3.41. The minimum atomic E-state index is 0.472. The van der Waals surface area contributed by atoms with E-state index in [0.29, 0.717) is 6.17 Å². The van der Waals surface area contributed by atoms with Crippen molar-refractivity contribution in [2.75, 3.05) is 0 Å². The fourth-order valence-electron chi connectivity index (χ4n) is 1.39. The third-order valence-corrected chi connectivity index (χ3v) is 2.16. The third-order valence-electron chi connectivity index (χ3n) is 2.16. The summed E-state index contributed by atoms with van der Waals surface area (Å²) in [4.78, 5) is 0. The monoisotopic (exact) mass is 180 g/mol. The van der Waals surface area contributed by atoms with Gasteiger partial charge in [-0.25, -0.2) is 0 Å². The molecule has 0 atom stereocenters. The summed E-state index contributed by atoms with van der Waals surface area (Å²) in [6.07, 6.45) is 15.1. The molecule has 0 bridgehead atoms. The van der Waals surface area contributed by atoms with Gasteiger partial charge in [0.1, 0.15) is 0 Å². The molecule has 1 heterocycles. The van der Waals surface area contributed by atoms with Crippen LogP contribution in [-0.4, -0.2) is 6.17 Å². The minimum absolute atomic E-state index is 0.472. The highest BCUT2D eigenvalue weighted by molar-refractivity contribution is 4.91. The molecule has 1 aliphatic heterocycles. The predicted molar refractivity (Wildman–Crippen MR) is 57.1 cm³/mol. The Hall–Kier alpha value is -0.920. The van der Waals surface area contributed by atoms with E-state index >= 15 is 0 Å². The van der Waals surface area contributed by atoms with Crippen LogP contribution >= 0.6 is 0 Å². The molecular formula is C11H20N2. The Labute approximate surface area is 81.1 Å². The third kappa shape index (κ3) is 4.61. The number of rotatable bonds is 6. The molecule has 0 amide bonds. The van der Waals surface area contributed by atoms with Crippen LogP contribution in [0.3, 0.4) is 0 Å². The van der Waals surface area contributed by atoms with Crippen LogP contribution < -0.4 is 10.6 Å². The van der Waals surface area contributed by atoms with Gasteiger partial charge >= 0.3 is 0 Å². The zero-order chi connectivity index (χ0) is 9.36. The van der Waals surface area contributed by atoms with Crippen LogP contribution in [0.1, 0.15) is 39.0 Å². The Kier molecular flexibility index (Phi) is 5.14. The summed E-state index contributed by atoms with van der Waals surface area (Å²) in [6.45, 7) is 2.21. The van der Waals surface area contributed by atoms with Gasteiger partial charge in [0, 0.05) is 12.4 Å². The van der Waals surface area contributed by atoms with Gasteiger partial charge in [-0.1, -0.05) is 25.5 Å². The van der Waals surface area contributed by atoms with Gasteiger partial charge in [-0.2, -0.15) is 0 Å². The van der Waals surface area contributed by atoms with Gasteiger partial charge in [-0.3, -0.25) is 0 Å². The van der Waals surface area contributed by atoms with Gasteiger partial charge < -0.3 is 10.6 Å². The fourth-order valence-corrected chi connectivity index (χ4v) is 1.39. The first-order chi connectivity index (χ1) is 6.43. The van der Waals surface area contributed by atoms with E-state index in [9.17, 15) is 0 Å². The molecule has 0 radical (unpaired) electrons. The minimum Gasteiger partial charge on any atom is -0.370 e. The molecule has 2 N–H and O–H groups in total. The Morgan fingerprint density at radius 2 is 1.85 bits per heavy atom. The van der Waals surface area contributed by atoms with Crippen molar-refractivity contribution in [3.8, 4) is 0 Å².